The second kappa shape index (κ2) is 16.4. The van der Waals surface area contributed by atoms with Crippen molar-refractivity contribution < 1.29 is 17.6 Å². The third kappa shape index (κ3) is 6.50. The predicted molar refractivity (Wildman–Crippen MR) is 193 cm³/mol. The maximum Gasteiger partial charge on any atom is 0.158 e. The Balaban J connectivity index is 2.23. The fraction of sp³-hybridized carbons (Fsp3) is 0. The first-order valence-corrected chi connectivity index (χ1v) is 16.1. The molecule has 60 heavy (non-hydrogen) atoms. The van der Waals surface area contributed by atoms with E-state index in [1.807, 2.05) is 24.3 Å². The standard InChI is InChI=1S/C44H8F4N12/c45-41-25(9-49)1-21(2-26(41)10-50)33(17-57)37-38(34(18-58)22-3-27(11-51)42(46)28(4-22)12-52)40(36(20-60)24-7-31(15-55)44(48)32(8-24)16-56)39(37)35(19-59)23-5-29(13-53)43(47)30(6-23)14-54/h1-8H. The second-order valence-corrected chi connectivity index (χ2v) is 11.9. The van der Waals surface area contributed by atoms with Crippen LogP contribution in [0.15, 0.2) is 70.8 Å². The van der Waals surface area contributed by atoms with Crippen LogP contribution in [0.25, 0.3) is 22.3 Å². The van der Waals surface area contributed by atoms with E-state index in [0.717, 1.165) is 48.5 Å². The van der Waals surface area contributed by atoms with Crippen molar-refractivity contribution in [1.82, 2.24) is 0 Å². The molecule has 0 amide bonds. The van der Waals surface area contributed by atoms with Crippen LogP contribution in [-0.2, 0) is 0 Å². The number of halogens is 4. The van der Waals surface area contributed by atoms with Gasteiger partial charge in [0.15, 0.2) is 23.3 Å². The third-order valence-corrected chi connectivity index (χ3v) is 8.86. The lowest BCUT2D eigenvalue weighted by Crippen LogP contribution is -2.21. The van der Waals surface area contributed by atoms with Gasteiger partial charge in [0.25, 0.3) is 0 Å². The molecule has 0 aromatic heterocycles. The lowest BCUT2D eigenvalue weighted by atomic mass is 9.64. The van der Waals surface area contributed by atoms with Crippen molar-refractivity contribution in [3.63, 3.8) is 0 Å². The zero-order chi connectivity index (χ0) is 44.0. The van der Waals surface area contributed by atoms with Crippen LogP contribution in [0, 0.1) is 159 Å². The van der Waals surface area contributed by atoms with Crippen molar-refractivity contribution in [3.8, 4) is 72.8 Å². The van der Waals surface area contributed by atoms with Gasteiger partial charge < -0.3 is 0 Å². The van der Waals surface area contributed by atoms with E-state index in [2.05, 4.69) is 0 Å². The largest absolute Gasteiger partial charge is 0.204 e. The first kappa shape index (κ1) is 40.6. The zero-order valence-corrected chi connectivity index (χ0v) is 29.5. The summed E-state index contributed by atoms with van der Waals surface area (Å²) in [6, 6.07) is 26.2. The van der Waals surface area contributed by atoms with Gasteiger partial charge >= 0.3 is 0 Å². The Labute approximate surface area is 336 Å². The lowest BCUT2D eigenvalue weighted by Gasteiger charge is -2.35. The minimum absolute atomic E-state index is 0.395. The second-order valence-electron chi connectivity index (χ2n) is 11.9. The van der Waals surface area contributed by atoms with Gasteiger partial charge in [0.1, 0.15) is 72.8 Å². The average molecular weight is 781 g/mol. The number of allylic oxidation sites excluding steroid dienone is 8. The first-order valence-electron chi connectivity index (χ1n) is 16.1. The number of hydrogen-bond acceptors (Lipinski definition) is 12. The van der Waals surface area contributed by atoms with Gasteiger partial charge in [-0.25, -0.2) is 17.6 Å². The Kier molecular flexibility index (Phi) is 11.1. The lowest BCUT2D eigenvalue weighted by molar-refractivity contribution is 0.619. The molecule has 5 rings (SSSR count). The Morgan fingerprint density at radius 2 is 0.400 bits per heavy atom. The first-order chi connectivity index (χ1) is 28.9. The van der Waals surface area contributed by atoms with Gasteiger partial charge in [-0.1, -0.05) is 0 Å². The monoisotopic (exact) mass is 780 g/mol. The maximum absolute atomic E-state index is 15.1. The highest BCUT2D eigenvalue weighted by Crippen LogP contribution is 2.56. The van der Waals surface area contributed by atoms with Crippen LogP contribution in [0.3, 0.4) is 0 Å². The van der Waals surface area contributed by atoms with E-state index in [-0.39, 0.29) is 0 Å². The molecule has 12 nitrogen and oxygen atoms in total. The molecule has 0 heterocycles. The van der Waals surface area contributed by atoms with Crippen molar-refractivity contribution in [1.29, 1.82) is 63.1 Å². The van der Waals surface area contributed by atoms with E-state index in [0.29, 0.717) is 0 Å². The molecule has 4 aromatic carbocycles. The van der Waals surface area contributed by atoms with Crippen LogP contribution < -0.4 is 0 Å². The van der Waals surface area contributed by atoms with Crippen LogP contribution >= 0.6 is 0 Å². The Hall–Kier alpha value is -10.6. The molecule has 0 radical (unpaired) electrons. The van der Waals surface area contributed by atoms with Crippen LogP contribution in [0.2, 0.25) is 0 Å². The molecule has 0 spiro atoms. The van der Waals surface area contributed by atoms with Crippen molar-refractivity contribution in [3.05, 3.63) is 161 Å². The van der Waals surface area contributed by atoms with Crippen LogP contribution in [-0.4, -0.2) is 0 Å². The number of nitriles is 12. The van der Waals surface area contributed by atoms with Crippen molar-refractivity contribution in [2.75, 3.05) is 0 Å². The van der Waals surface area contributed by atoms with Crippen molar-refractivity contribution >= 4 is 22.3 Å². The molecule has 0 saturated heterocycles. The maximum atomic E-state index is 15.1. The minimum atomic E-state index is -1.29. The van der Waals surface area contributed by atoms with Gasteiger partial charge in [-0.15, -0.1) is 0 Å². The highest BCUT2D eigenvalue weighted by molar-refractivity contribution is 6.12. The van der Waals surface area contributed by atoms with E-state index in [1.165, 1.54) is 48.6 Å². The quantitative estimate of drug-likeness (QED) is 0.144. The SMILES string of the molecule is N#CC(=C1C(=C(C#N)c2cc(C#N)c(F)c(C#N)c2)C(=C(C#N)c2cc(C#N)c(F)c(C#N)c2)C1=C(C#N)c1cc(C#N)c(F)c(C#N)c1)c1cc(C#N)c(F)c(C#N)c1. The number of benzene rings is 4. The number of rotatable bonds is 4. The highest BCUT2D eigenvalue weighted by Gasteiger charge is 2.42. The topological polar surface area (TPSA) is 285 Å². The van der Waals surface area contributed by atoms with E-state index in [1.54, 1.807) is 0 Å². The molecule has 0 N–H and O–H groups in total. The summed E-state index contributed by atoms with van der Waals surface area (Å²) in [5, 5.41) is 121. The molecular weight excluding hydrogens is 773 g/mol. The Morgan fingerprint density at radius 3 is 0.500 bits per heavy atom. The van der Waals surface area contributed by atoms with Gasteiger partial charge in [-0.3, -0.25) is 0 Å². The Morgan fingerprint density at radius 1 is 0.267 bits per heavy atom. The molecule has 1 fully saturated rings. The molecule has 4 aromatic rings. The van der Waals surface area contributed by atoms with Crippen LogP contribution in [0.5, 0.6) is 0 Å². The summed E-state index contributed by atoms with van der Waals surface area (Å²) in [7, 11) is 0. The van der Waals surface area contributed by atoms with Gasteiger partial charge in [0.05, 0.1) is 66.8 Å². The summed E-state index contributed by atoms with van der Waals surface area (Å²) < 4.78 is 60.2. The van der Waals surface area contributed by atoms with Crippen molar-refractivity contribution in [2.45, 2.75) is 0 Å². The normalized spacial score (nSPS) is 10.7. The van der Waals surface area contributed by atoms with Crippen molar-refractivity contribution in [2.24, 2.45) is 0 Å². The molecule has 272 valence electrons. The fourth-order valence-corrected chi connectivity index (χ4v) is 6.22. The van der Waals surface area contributed by atoms with E-state index in [9.17, 15) is 63.1 Å². The smallest absolute Gasteiger partial charge is 0.158 e. The van der Waals surface area contributed by atoms with Gasteiger partial charge in [0.2, 0.25) is 0 Å². The Bertz CT molecular complexity index is 2780. The predicted octanol–water partition coefficient (Wildman–Crippen LogP) is 7.44. The molecule has 0 atom stereocenters. The molecule has 1 aliphatic rings. The number of hydrogen-bond donors (Lipinski definition) is 0. The molecular formula is C44H8F4N12. The molecule has 0 aliphatic heterocycles. The summed E-state index contributed by atoms with van der Waals surface area (Å²) in [5.74, 6) is -5.15. The fourth-order valence-electron chi connectivity index (χ4n) is 6.22. The van der Waals surface area contributed by atoms with Gasteiger partial charge in [-0.05, 0) is 70.8 Å². The van der Waals surface area contributed by atoms with Crippen LogP contribution in [0.4, 0.5) is 17.6 Å². The summed E-state index contributed by atoms with van der Waals surface area (Å²) in [6.45, 7) is 0. The minimum Gasteiger partial charge on any atom is -0.204 e. The van der Waals surface area contributed by atoms with E-state index in [4.69, 9.17) is 0 Å². The summed E-state index contributed by atoms with van der Waals surface area (Å²) in [5.41, 5.74) is -12.3. The highest BCUT2D eigenvalue weighted by atomic mass is 19.1. The number of nitrogens with zero attached hydrogens (tertiary/aromatic N) is 12. The van der Waals surface area contributed by atoms with Gasteiger partial charge in [0, 0.05) is 22.3 Å². The molecule has 0 bridgehead atoms. The summed E-state index contributed by atoms with van der Waals surface area (Å²) >= 11 is 0. The molecule has 1 aliphatic carbocycles. The zero-order valence-electron chi connectivity index (χ0n) is 29.5. The van der Waals surface area contributed by atoms with Gasteiger partial charge in [-0.2, -0.15) is 63.1 Å². The average Bonchev–Trinajstić information content (AvgIpc) is 3.27. The summed E-state index contributed by atoms with van der Waals surface area (Å²) in [4.78, 5) is 0. The molecule has 1 saturated carbocycles. The summed E-state index contributed by atoms with van der Waals surface area (Å²) in [6.07, 6.45) is 0. The van der Waals surface area contributed by atoms with E-state index >= 15 is 17.6 Å². The molecule has 0 unspecified atom stereocenters. The van der Waals surface area contributed by atoms with E-state index < -0.39 is 135 Å². The van der Waals surface area contributed by atoms with Crippen LogP contribution in [0.1, 0.15) is 66.8 Å². The third-order valence-electron chi connectivity index (χ3n) is 8.86. The molecule has 16 heteroatoms.